The van der Waals surface area contributed by atoms with Crippen LogP contribution in [0, 0.1) is 0 Å². The standard InChI is InChI=1S/C15H16F3NO3/c16-15(17,18)10-2-1-3-13(8-10)22-9-12(20)6-4-11-5-7-14(21)19-11/h1-4,6,8,11-12,20H,5,7,9H2,(H,19,21). The van der Waals surface area contributed by atoms with Gasteiger partial charge in [-0.1, -0.05) is 18.2 Å². The van der Waals surface area contributed by atoms with Gasteiger partial charge < -0.3 is 15.2 Å². The molecule has 22 heavy (non-hydrogen) atoms. The van der Waals surface area contributed by atoms with Crippen molar-refractivity contribution in [3.8, 4) is 5.75 Å². The van der Waals surface area contributed by atoms with E-state index in [1.807, 2.05) is 0 Å². The SMILES string of the molecule is O=C1CCC(C=CC(O)COc2cccc(C(F)(F)F)c2)N1. The monoisotopic (exact) mass is 315 g/mol. The molecule has 4 nitrogen and oxygen atoms in total. The van der Waals surface area contributed by atoms with E-state index in [2.05, 4.69) is 5.32 Å². The Kier molecular flexibility index (Phi) is 5.07. The average Bonchev–Trinajstić information content (AvgIpc) is 2.88. The highest BCUT2D eigenvalue weighted by Gasteiger charge is 2.30. The lowest BCUT2D eigenvalue weighted by Gasteiger charge is -2.12. The summed E-state index contributed by atoms with van der Waals surface area (Å²) in [5.74, 6) is 0.000740. The lowest BCUT2D eigenvalue weighted by Crippen LogP contribution is -2.24. The zero-order chi connectivity index (χ0) is 16.2. The highest BCUT2D eigenvalue weighted by molar-refractivity contribution is 5.78. The molecule has 0 bridgehead atoms. The summed E-state index contributed by atoms with van der Waals surface area (Å²) in [5, 5.41) is 12.4. The number of halogens is 3. The van der Waals surface area contributed by atoms with E-state index in [0.29, 0.717) is 12.8 Å². The first-order valence-electron chi connectivity index (χ1n) is 6.80. The van der Waals surface area contributed by atoms with Crippen molar-refractivity contribution in [2.45, 2.75) is 31.2 Å². The first kappa shape index (κ1) is 16.4. The van der Waals surface area contributed by atoms with Crippen LogP contribution in [0.15, 0.2) is 36.4 Å². The lowest BCUT2D eigenvalue weighted by atomic mass is 10.2. The number of hydrogen-bond donors (Lipinski definition) is 2. The first-order chi connectivity index (χ1) is 10.3. The number of carbonyl (C=O) groups excluding carboxylic acids is 1. The van der Waals surface area contributed by atoms with Gasteiger partial charge in [0.25, 0.3) is 0 Å². The van der Waals surface area contributed by atoms with Gasteiger partial charge in [0.2, 0.25) is 5.91 Å². The number of amides is 1. The number of rotatable bonds is 5. The quantitative estimate of drug-likeness (QED) is 0.820. The molecule has 1 aliphatic rings. The minimum atomic E-state index is -4.43. The van der Waals surface area contributed by atoms with Crippen LogP contribution in [0.25, 0.3) is 0 Å². The molecule has 0 radical (unpaired) electrons. The highest BCUT2D eigenvalue weighted by Crippen LogP contribution is 2.31. The molecule has 2 rings (SSSR count). The van der Waals surface area contributed by atoms with E-state index in [9.17, 15) is 23.1 Å². The molecule has 1 aromatic carbocycles. The van der Waals surface area contributed by atoms with E-state index in [4.69, 9.17) is 4.74 Å². The zero-order valence-electron chi connectivity index (χ0n) is 11.6. The van der Waals surface area contributed by atoms with E-state index in [1.165, 1.54) is 18.2 Å². The van der Waals surface area contributed by atoms with Gasteiger partial charge in [0.1, 0.15) is 18.5 Å². The number of hydrogen-bond acceptors (Lipinski definition) is 3. The average molecular weight is 315 g/mol. The van der Waals surface area contributed by atoms with Crippen LogP contribution in [0.1, 0.15) is 18.4 Å². The van der Waals surface area contributed by atoms with E-state index in [0.717, 1.165) is 12.1 Å². The summed E-state index contributed by atoms with van der Waals surface area (Å²) < 4.78 is 42.8. The second kappa shape index (κ2) is 6.83. The summed E-state index contributed by atoms with van der Waals surface area (Å²) >= 11 is 0. The molecule has 2 unspecified atom stereocenters. The molecule has 1 fully saturated rings. The van der Waals surface area contributed by atoms with Crippen molar-refractivity contribution in [3.63, 3.8) is 0 Å². The van der Waals surface area contributed by atoms with Gasteiger partial charge in [-0.3, -0.25) is 4.79 Å². The number of nitrogens with one attached hydrogen (secondary N) is 1. The summed E-state index contributed by atoms with van der Waals surface area (Å²) in [6.07, 6.45) is -1.16. The van der Waals surface area contributed by atoms with Crippen LogP contribution >= 0.6 is 0 Å². The Hall–Kier alpha value is -2.02. The van der Waals surface area contributed by atoms with Crippen molar-refractivity contribution in [2.75, 3.05) is 6.61 Å². The van der Waals surface area contributed by atoms with Crippen LogP contribution in [0.4, 0.5) is 13.2 Å². The summed E-state index contributed by atoms with van der Waals surface area (Å²) in [6, 6.07) is 4.35. The lowest BCUT2D eigenvalue weighted by molar-refractivity contribution is -0.137. The van der Waals surface area contributed by atoms with E-state index in [1.54, 1.807) is 6.08 Å². The molecule has 0 aliphatic carbocycles. The van der Waals surface area contributed by atoms with Gasteiger partial charge >= 0.3 is 6.18 Å². The molecule has 1 saturated heterocycles. The topological polar surface area (TPSA) is 58.6 Å². The molecular weight excluding hydrogens is 299 g/mol. The van der Waals surface area contributed by atoms with E-state index >= 15 is 0 Å². The van der Waals surface area contributed by atoms with Crippen LogP contribution in [0.3, 0.4) is 0 Å². The fourth-order valence-electron chi connectivity index (χ4n) is 2.04. The van der Waals surface area contributed by atoms with Gasteiger partial charge in [-0.15, -0.1) is 0 Å². The molecule has 1 aliphatic heterocycles. The molecule has 0 saturated carbocycles. The fourth-order valence-corrected chi connectivity index (χ4v) is 2.04. The maximum absolute atomic E-state index is 12.5. The van der Waals surface area contributed by atoms with Crippen molar-refractivity contribution >= 4 is 5.91 Å². The van der Waals surface area contributed by atoms with Gasteiger partial charge in [-0.05, 0) is 24.6 Å². The smallest absolute Gasteiger partial charge is 0.416 e. The number of ether oxygens (including phenoxy) is 1. The molecule has 2 atom stereocenters. The second-order valence-corrected chi connectivity index (χ2v) is 5.00. The molecular formula is C15H16F3NO3. The Bertz CT molecular complexity index is 557. The predicted molar refractivity (Wildman–Crippen MR) is 73.3 cm³/mol. The van der Waals surface area contributed by atoms with E-state index < -0.39 is 17.8 Å². The number of benzene rings is 1. The molecule has 7 heteroatoms. The van der Waals surface area contributed by atoms with Crippen molar-refractivity contribution in [1.82, 2.24) is 5.32 Å². The summed E-state index contributed by atoms with van der Waals surface area (Å²) in [4.78, 5) is 11.0. The third-order valence-corrected chi connectivity index (χ3v) is 3.18. The minimum Gasteiger partial charge on any atom is -0.491 e. The maximum atomic E-state index is 12.5. The maximum Gasteiger partial charge on any atom is 0.416 e. The van der Waals surface area contributed by atoms with Crippen LogP contribution in [-0.2, 0) is 11.0 Å². The van der Waals surface area contributed by atoms with Crippen LogP contribution < -0.4 is 10.1 Å². The van der Waals surface area contributed by atoms with Gasteiger partial charge in [0.05, 0.1) is 5.56 Å². The van der Waals surface area contributed by atoms with Crippen molar-refractivity contribution in [3.05, 3.63) is 42.0 Å². The Labute approximate surface area is 125 Å². The number of carbonyl (C=O) groups is 1. The van der Waals surface area contributed by atoms with Gasteiger partial charge in [-0.25, -0.2) is 0 Å². The Morgan fingerprint density at radius 1 is 1.45 bits per heavy atom. The molecule has 2 N–H and O–H groups in total. The Morgan fingerprint density at radius 2 is 2.23 bits per heavy atom. The first-order valence-corrected chi connectivity index (χ1v) is 6.80. The van der Waals surface area contributed by atoms with Gasteiger partial charge in [0, 0.05) is 12.5 Å². The third-order valence-electron chi connectivity index (χ3n) is 3.18. The van der Waals surface area contributed by atoms with Crippen LogP contribution in [-0.4, -0.2) is 29.8 Å². The van der Waals surface area contributed by atoms with Crippen molar-refractivity contribution in [1.29, 1.82) is 0 Å². The molecule has 1 heterocycles. The zero-order valence-corrected chi connectivity index (χ0v) is 11.6. The normalized spacial score (nSPS) is 20.2. The van der Waals surface area contributed by atoms with Crippen molar-refractivity contribution < 1.29 is 27.8 Å². The largest absolute Gasteiger partial charge is 0.491 e. The summed E-state index contributed by atoms with van der Waals surface area (Å²) in [7, 11) is 0. The van der Waals surface area contributed by atoms with E-state index in [-0.39, 0.29) is 24.3 Å². The second-order valence-electron chi connectivity index (χ2n) is 5.00. The Balaban J connectivity index is 1.84. The molecule has 0 aromatic heterocycles. The summed E-state index contributed by atoms with van der Waals surface area (Å²) in [6.45, 7) is -0.168. The van der Waals surface area contributed by atoms with Gasteiger partial charge in [-0.2, -0.15) is 13.2 Å². The van der Waals surface area contributed by atoms with Crippen molar-refractivity contribution in [2.24, 2.45) is 0 Å². The molecule has 120 valence electrons. The number of aliphatic hydroxyl groups is 1. The third kappa shape index (κ3) is 4.77. The molecule has 1 amide bonds. The van der Waals surface area contributed by atoms with Crippen LogP contribution in [0.2, 0.25) is 0 Å². The number of aliphatic hydroxyl groups excluding tert-OH is 1. The molecule has 1 aromatic rings. The highest BCUT2D eigenvalue weighted by atomic mass is 19.4. The Morgan fingerprint density at radius 3 is 2.86 bits per heavy atom. The fraction of sp³-hybridized carbons (Fsp3) is 0.400. The molecule has 0 spiro atoms. The van der Waals surface area contributed by atoms with Crippen LogP contribution in [0.5, 0.6) is 5.75 Å². The van der Waals surface area contributed by atoms with Gasteiger partial charge in [0.15, 0.2) is 0 Å². The summed E-state index contributed by atoms with van der Waals surface area (Å²) in [5.41, 5.74) is -0.802. The number of alkyl halides is 3. The minimum absolute atomic E-state index is 0.0376. The predicted octanol–water partition coefficient (Wildman–Crippen LogP) is 2.28.